The van der Waals surface area contributed by atoms with E-state index >= 15 is 0 Å². The lowest BCUT2D eigenvalue weighted by atomic mass is 9.81. The molecular formula is C26H37N3O4S2. The first-order chi connectivity index (χ1) is 16.5. The second kappa shape index (κ2) is 10.6. The van der Waals surface area contributed by atoms with Gasteiger partial charge in [-0.25, -0.2) is 4.79 Å². The SMILES string of the molecule is Cc1nnc(S[C@H]2CC[C@H](N(c3cc(C(C)(C)C)sc3C(=O)O)C(=O)[C@H]3CC[C@H](C)CC3)CC2)o1. The minimum Gasteiger partial charge on any atom is -0.477 e. The van der Waals surface area contributed by atoms with Gasteiger partial charge in [0.15, 0.2) is 0 Å². The lowest BCUT2D eigenvalue weighted by Crippen LogP contribution is -2.46. The van der Waals surface area contributed by atoms with Gasteiger partial charge >= 0.3 is 5.97 Å². The van der Waals surface area contributed by atoms with Crippen molar-refractivity contribution in [3.8, 4) is 0 Å². The number of anilines is 1. The van der Waals surface area contributed by atoms with Crippen LogP contribution in [-0.2, 0) is 10.2 Å². The molecule has 0 spiro atoms. The van der Waals surface area contributed by atoms with Crippen molar-refractivity contribution in [2.45, 2.75) is 108 Å². The zero-order valence-electron chi connectivity index (χ0n) is 21.4. The van der Waals surface area contributed by atoms with Crippen molar-refractivity contribution in [2.75, 3.05) is 4.90 Å². The van der Waals surface area contributed by atoms with Crippen LogP contribution in [-0.4, -0.2) is 38.5 Å². The summed E-state index contributed by atoms with van der Waals surface area (Å²) in [6.45, 7) is 10.3. The number of thiophene rings is 1. The first-order valence-corrected chi connectivity index (χ1v) is 14.4. The van der Waals surface area contributed by atoms with Crippen LogP contribution < -0.4 is 4.90 Å². The number of thioether (sulfide) groups is 1. The molecule has 2 aromatic heterocycles. The van der Waals surface area contributed by atoms with E-state index in [1.165, 1.54) is 11.3 Å². The van der Waals surface area contributed by atoms with E-state index in [4.69, 9.17) is 4.42 Å². The maximum Gasteiger partial charge on any atom is 0.348 e. The van der Waals surface area contributed by atoms with Crippen LogP contribution in [0.5, 0.6) is 0 Å². The zero-order valence-corrected chi connectivity index (χ0v) is 23.0. The molecule has 2 aromatic rings. The molecule has 0 saturated heterocycles. The Labute approximate surface area is 216 Å². The number of hydrogen-bond donors (Lipinski definition) is 1. The van der Waals surface area contributed by atoms with E-state index in [1.807, 2.05) is 11.0 Å². The van der Waals surface area contributed by atoms with Gasteiger partial charge in [-0.15, -0.1) is 21.5 Å². The van der Waals surface area contributed by atoms with Gasteiger partial charge in [-0.1, -0.05) is 39.5 Å². The van der Waals surface area contributed by atoms with E-state index in [-0.39, 0.29) is 28.2 Å². The fourth-order valence-electron chi connectivity index (χ4n) is 5.17. The van der Waals surface area contributed by atoms with Gasteiger partial charge in [0.25, 0.3) is 5.22 Å². The Balaban J connectivity index is 1.60. The molecule has 2 aliphatic carbocycles. The van der Waals surface area contributed by atoms with Gasteiger partial charge in [-0.3, -0.25) is 4.79 Å². The van der Waals surface area contributed by atoms with Crippen LogP contribution in [0.4, 0.5) is 5.69 Å². The van der Waals surface area contributed by atoms with Crippen LogP contribution in [0.15, 0.2) is 15.7 Å². The highest BCUT2D eigenvalue weighted by Gasteiger charge is 2.38. The highest BCUT2D eigenvalue weighted by Crippen LogP contribution is 2.43. The summed E-state index contributed by atoms with van der Waals surface area (Å²) >= 11 is 2.92. The fourth-order valence-corrected chi connectivity index (χ4v) is 7.27. The number of aryl methyl sites for hydroxylation is 1. The number of rotatable bonds is 6. The molecular weight excluding hydrogens is 482 g/mol. The van der Waals surface area contributed by atoms with Crippen molar-refractivity contribution >= 4 is 40.7 Å². The summed E-state index contributed by atoms with van der Waals surface area (Å²) in [5.74, 6) is 0.344. The molecule has 2 saturated carbocycles. The molecule has 9 heteroatoms. The largest absolute Gasteiger partial charge is 0.477 e. The minimum atomic E-state index is -0.952. The van der Waals surface area contributed by atoms with Gasteiger partial charge in [0, 0.05) is 29.0 Å². The summed E-state index contributed by atoms with van der Waals surface area (Å²) in [4.78, 5) is 29.5. The third-order valence-corrected chi connectivity index (χ3v) is 10.0. The van der Waals surface area contributed by atoms with Gasteiger partial charge in [0.05, 0.1) is 5.69 Å². The first kappa shape index (κ1) is 26.2. The number of aromatic nitrogens is 2. The normalized spacial score (nSPS) is 25.4. The third-order valence-electron chi connectivity index (χ3n) is 7.29. The monoisotopic (exact) mass is 519 g/mol. The summed E-state index contributed by atoms with van der Waals surface area (Å²) in [6, 6.07) is 1.98. The average molecular weight is 520 g/mol. The van der Waals surface area contributed by atoms with Crippen molar-refractivity contribution in [3.63, 3.8) is 0 Å². The number of hydrogen-bond acceptors (Lipinski definition) is 7. The number of carbonyl (C=O) groups excluding carboxylic acids is 1. The molecule has 1 amide bonds. The molecule has 0 bridgehead atoms. The highest BCUT2D eigenvalue weighted by atomic mass is 32.2. The predicted molar refractivity (Wildman–Crippen MR) is 140 cm³/mol. The first-order valence-electron chi connectivity index (χ1n) is 12.7. The Morgan fingerprint density at radius 1 is 1.09 bits per heavy atom. The zero-order chi connectivity index (χ0) is 25.3. The minimum absolute atomic E-state index is 0.00337. The van der Waals surface area contributed by atoms with Crippen LogP contribution in [0.3, 0.4) is 0 Å². The quantitative estimate of drug-likeness (QED) is 0.454. The van der Waals surface area contributed by atoms with Gasteiger partial charge < -0.3 is 14.4 Å². The summed E-state index contributed by atoms with van der Waals surface area (Å²) in [6.07, 6.45) is 7.38. The standard InChI is InChI=1S/C26H37N3O4S2/c1-15-6-8-17(9-7-15)23(30)29(20-14-21(26(3,4)5)35-22(20)24(31)32)18-10-12-19(13-11-18)34-25-28-27-16(2)33-25/h14-15,17-19H,6-13H2,1-5H3,(H,31,32)/t15-,17-,18-,19-. The van der Waals surface area contributed by atoms with Crippen molar-refractivity contribution in [1.82, 2.24) is 10.2 Å². The molecule has 192 valence electrons. The highest BCUT2D eigenvalue weighted by molar-refractivity contribution is 7.99. The second-order valence-corrected chi connectivity index (χ2v) is 13.5. The number of carboxylic acid groups (broad SMARTS) is 1. The predicted octanol–water partition coefficient (Wildman–Crippen LogP) is 6.70. The Kier molecular flexibility index (Phi) is 7.95. The number of amides is 1. The molecule has 2 fully saturated rings. The van der Waals surface area contributed by atoms with Crippen LogP contribution >= 0.6 is 23.1 Å². The Bertz CT molecular complexity index is 1040. The molecule has 0 aliphatic heterocycles. The lowest BCUT2D eigenvalue weighted by molar-refractivity contribution is -0.124. The van der Waals surface area contributed by atoms with E-state index in [9.17, 15) is 14.7 Å². The molecule has 35 heavy (non-hydrogen) atoms. The average Bonchev–Trinajstić information content (AvgIpc) is 3.42. The smallest absolute Gasteiger partial charge is 0.348 e. The lowest BCUT2D eigenvalue weighted by Gasteiger charge is -2.39. The summed E-state index contributed by atoms with van der Waals surface area (Å²) in [7, 11) is 0. The molecule has 1 N–H and O–H groups in total. The number of nitrogens with zero attached hydrogens (tertiary/aromatic N) is 3. The van der Waals surface area contributed by atoms with E-state index in [1.54, 1.807) is 18.7 Å². The van der Waals surface area contributed by atoms with Gasteiger partial charge in [0.1, 0.15) is 4.88 Å². The van der Waals surface area contributed by atoms with Crippen LogP contribution in [0.25, 0.3) is 0 Å². The van der Waals surface area contributed by atoms with E-state index in [0.29, 0.717) is 28.0 Å². The van der Waals surface area contributed by atoms with E-state index in [0.717, 1.165) is 56.2 Å². The van der Waals surface area contributed by atoms with Crippen LogP contribution in [0.1, 0.15) is 99.5 Å². The molecule has 2 aliphatic rings. The number of carbonyl (C=O) groups is 2. The topological polar surface area (TPSA) is 96.5 Å². The van der Waals surface area contributed by atoms with Crippen LogP contribution in [0, 0.1) is 18.8 Å². The Morgan fingerprint density at radius 3 is 2.29 bits per heavy atom. The van der Waals surface area contributed by atoms with Gasteiger partial charge in [0.2, 0.25) is 11.8 Å². The molecule has 0 atom stereocenters. The fraction of sp³-hybridized carbons (Fsp3) is 0.692. The van der Waals surface area contributed by atoms with Gasteiger partial charge in [-0.05, 0) is 68.8 Å². The Morgan fingerprint density at radius 2 is 1.74 bits per heavy atom. The summed E-state index contributed by atoms with van der Waals surface area (Å²) in [5.41, 5.74) is 0.415. The summed E-state index contributed by atoms with van der Waals surface area (Å²) in [5, 5.41) is 19.0. The van der Waals surface area contributed by atoms with Crippen molar-refractivity contribution < 1.29 is 19.1 Å². The van der Waals surface area contributed by atoms with E-state index in [2.05, 4.69) is 37.9 Å². The van der Waals surface area contributed by atoms with Crippen LogP contribution in [0.2, 0.25) is 0 Å². The molecule has 2 heterocycles. The third kappa shape index (κ3) is 6.10. The molecule has 4 rings (SSSR count). The molecule has 0 unspecified atom stereocenters. The molecule has 0 aromatic carbocycles. The number of carboxylic acids is 1. The van der Waals surface area contributed by atoms with Crippen molar-refractivity contribution in [2.24, 2.45) is 11.8 Å². The van der Waals surface area contributed by atoms with E-state index < -0.39 is 5.97 Å². The maximum absolute atomic E-state index is 14.0. The molecule has 0 radical (unpaired) electrons. The maximum atomic E-state index is 14.0. The van der Waals surface area contributed by atoms with Crippen molar-refractivity contribution in [1.29, 1.82) is 0 Å². The second-order valence-electron chi connectivity index (χ2n) is 11.2. The Hall–Kier alpha value is -1.87. The summed E-state index contributed by atoms with van der Waals surface area (Å²) < 4.78 is 5.55. The van der Waals surface area contributed by atoms with Gasteiger partial charge in [-0.2, -0.15) is 0 Å². The van der Waals surface area contributed by atoms with Crippen molar-refractivity contribution in [3.05, 3.63) is 21.7 Å². The molecule has 7 nitrogen and oxygen atoms in total. The number of aromatic carboxylic acids is 1.